The monoisotopic (exact) mass is 494 g/mol. The number of hydrogen-bond acceptors (Lipinski definition) is 8. The van der Waals surface area contributed by atoms with Crippen LogP contribution in [0.4, 0.5) is 0 Å². The lowest BCUT2D eigenvalue weighted by atomic mass is 10.1. The highest BCUT2D eigenvalue weighted by atomic mass is 32.2. The highest BCUT2D eigenvalue weighted by Crippen LogP contribution is 2.06. The Morgan fingerprint density at radius 3 is 2.06 bits per heavy atom. The fourth-order valence-corrected chi connectivity index (χ4v) is 3.45. The van der Waals surface area contributed by atoms with Gasteiger partial charge in [0.2, 0.25) is 17.7 Å². The maximum Gasteiger partial charge on any atom is 0.325 e. The minimum atomic E-state index is -1.20. The minimum absolute atomic E-state index is 0.0801. The lowest BCUT2D eigenvalue weighted by molar-refractivity contribution is -0.141. The number of thioether (sulfide) groups is 1. The molecule has 2 aromatic heterocycles. The second kappa shape index (κ2) is 13.3. The summed E-state index contributed by atoms with van der Waals surface area (Å²) in [4.78, 5) is 63.1. The van der Waals surface area contributed by atoms with Crippen molar-refractivity contribution in [1.82, 2.24) is 35.9 Å². The SMILES string of the molecule is CSCCC(NC(=O)C(Cc1cnc[nH]1)NC(=O)C(N)Cc1cnc[nH]1)C(=O)NC(C)C(=O)O. The lowest BCUT2D eigenvalue weighted by Gasteiger charge is -2.24. The molecule has 0 aromatic carbocycles. The Labute approximate surface area is 200 Å². The lowest BCUT2D eigenvalue weighted by Crippen LogP contribution is -2.57. The number of aliphatic carboxylic acids is 1. The molecule has 0 spiro atoms. The Kier molecular flexibility index (Phi) is 10.5. The van der Waals surface area contributed by atoms with Crippen LogP contribution in [-0.2, 0) is 32.0 Å². The summed E-state index contributed by atoms with van der Waals surface area (Å²) in [5.74, 6) is -2.44. The van der Waals surface area contributed by atoms with Gasteiger partial charge in [-0.2, -0.15) is 11.8 Å². The molecule has 4 atom stereocenters. The van der Waals surface area contributed by atoms with E-state index in [4.69, 9.17) is 10.8 Å². The standard InChI is InChI=1S/C20H30N8O5S/c1-11(20(32)33)26-18(30)15(3-4-34-2)27-19(31)16(6-13-8-23-10-25-13)28-17(29)14(21)5-12-7-22-9-24-12/h7-11,14-16H,3-6,21H2,1-2H3,(H,22,24)(H,23,25)(H,26,30)(H,27,31)(H,28,29)(H,32,33). The van der Waals surface area contributed by atoms with E-state index in [0.717, 1.165) is 0 Å². The average Bonchev–Trinajstić information content (AvgIpc) is 3.50. The summed E-state index contributed by atoms with van der Waals surface area (Å²) in [6.45, 7) is 1.33. The Balaban J connectivity index is 2.11. The number of carboxylic acid groups (broad SMARTS) is 1. The molecule has 186 valence electrons. The van der Waals surface area contributed by atoms with Crippen LogP contribution in [-0.4, -0.2) is 84.9 Å². The summed E-state index contributed by atoms with van der Waals surface area (Å²) >= 11 is 1.47. The van der Waals surface area contributed by atoms with E-state index >= 15 is 0 Å². The third kappa shape index (κ3) is 8.51. The molecule has 34 heavy (non-hydrogen) atoms. The first-order valence-electron chi connectivity index (χ1n) is 10.5. The van der Waals surface area contributed by atoms with E-state index < -0.39 is 47.9 Å². The molecule has 0 aliphatic carbocycles. The molecule has 13 nitrogen and oxygen atoms in total. The van der Waals surface area contributed by atoms with Crippen molar-refractivity contribution < 1.29 is 24.3 Å². The Morgan fingerprint density at radius 1 is 0.971 bits per heavy atom. The third-order valence-corrected chi connectivity index (χ3v) is 5.56. The molecule has 0 saturated carbocycles. The predicted octanol–water partition coefficient (Wildman–Crippen LogP) is -1.44. The van der Waals surface area contributed by atoms with Crippen molar-refractivity contribution in [2.75, 3.05) is 12.0 Å². The molecule has 4 unspecified atom stereocenters. The number of hydrogen-bond donors (Lipinski definition) is 7. The fraction of sp³-hybridized carbons (Fsp3) is 0.500. The highest BCUT2D eigenvalue weighted by Gasteiger charge is 2.29. The summed E-state index contributed by atoms with van der Waals surface area (Å²) in [6.07, 6.45) is 8.37. The second-order valence-corrected chi connectivity index (χ2v) is 8.63. The largest absolute Gasteiger partial charge is 0.480 e. The fourth-order valence-electron chi connectivity index (χ4n) is 2.98. The number of nitrogens with zero attached hydrogens (tertiary/aromatic N) is 2. The molecule has 0 fully saturated rings. The molecular formula is C20H30N8O5S. The van der Waals surface area contributed by atoms with Gasteiger partial charge in [-0.15, -0.1) is 0 Å². The number of H-pyrrole nitrogens is 2. The molecule has 0 aliphatic rings. The summed E-state index contributed by atoms with van der Waals surface area (Å²) in [5.41, 5.74) is 7.25. The zero-order valence-corrected chi connectivity index (χ0v) is 19.7. The molecule has 14 heteroatoms. The quantitative estimate of drug-likeness (QED) is 0.164. The van der Waals surface area contributed by atoms with Crippen LogP contribution < -0.4 is 21.7 Å². The first kappa shape index (κ1) is 26.9. The van der Waals surface area contributed by atoms with Crippen LogP contribution in [0.15, 0.2) is 25.0 Å². The van der Waals surface area contributed by atoms with Crippen molar-refractivity contribution >= 4 is 35.5 Å². The summed E-state index contributed by atoms with van der Waals surface area (Å²) < 4.78 is 0. The number of rotatable bonds is 14. The predicted molar refractivity (Wildman–Crippen MR) is 125 cm³/mol. The van der Waals surface area contributed by atoms with Crippen molar-refractivity contribution in [3.8, 4) is 0 Å². The van der Waals surface area contributed by atoms with Gasteiger partial charge in [-0.05, 0) is 25.4 Å². The molecule has 2 heterocycles. The third-order valence-electron chi connectivity index (χ3n) is 4.92. The minimum Gasteiger partial charge on any atom is -0.480 e. The van der Waals surface area contributed by atoms with E-state index in [9.17, 15) is 19.2 Å². The number of imidazole rings is 2. The van der Waals surface area contributed by atoms with Gasteiger partial charge in [0.15, 0.2) is 0 Å². The van der Waals surface area contributed by atoms with E-state index in [0.29, 0.717) is 17.1 Å². The zero-order valence-electron chi connectivity index (χ0n) is 18.9. The molecule has 0 saturated heterocycles. The number of aromatic nitrogens is 4. The van der Waals surface area contributed by atoms with Gasteiger partial charge in [0.1, 0.15) is 18.1 Å². The molecule has 2 rings (SSSR count). The van der Waals surface area contributed by atoms with Crippen LogP contribution >= 0.6 is 11.8 Å². The molecule has 2 aromatic rings. The molecular weight excluding hydrogens is 464 g/mol. The van der Waals surface area contributed by atoms with Crippen LogP contribution in [0.5, 0.6) is 0 Å². The number of carbonyl (C=O) groups excluding carboxylic acids is 3. The van der Waals surface area contributed by atoms with Gasteiger partial charge in [0, 0.05) is 36.6 Å². The van der Waals surface area contributed by atoms with Crippen LogP contribution in [0.1, 0.15) is 24.7 Å². The van der Waals surface area contributed by atoms with Gasteiger partial charge in [-0.25, -0.2) is 9.97 Å². The number of carboxylic acids is 1. The van der Waals surface area contributed by atoms with Gasteiger partial charge < -0.3 is 36.8 Å². The van der Waals surface area contributed by atoms with Gasteiger partial charge in [-0.3, -0.25) is 19.2 Å². The number of aromatic amines is 2. The van der Waals surface area contributed by atoms with Crippen molar-refractivity contribution in [3.63, 3.8) is 0 Å². The van der Waals surface area contributed by atoms with Gasteiger partial charge in [-0.1, -0.05) is 0 Å². The number of nitrogens with one attached hydrogen (secondary N) is 5. The van der Waals surface area contributed by atoms with E-state index in [2.05, 4.69) is 35.9 Å². The Bertz CT molecular complexity index is 937. The van der Waals surface area contributed by atoms with Crippen LogP contribution in [0.2, 0.25) is 0 Å². The van der Waals surface area contributed by atoms with Gasteiger partial charge in [0.05, 0.1) is 18.7 Å². The van der Waals surface area contributed by atoms with E-state index in [1.54, 1.807) is 6.20 Å². The zero-order chi connectivity index (χ0) is 25.1. The summed E-state index contributed by atoms with van der Waals surface area (Å²) in [6, 6.07) is -4.10. The van der Waals surface area contributed by atoms with E-state index in [1.807, 2.05) is 6.26 Å². The Morgan fingerprint density at radius 2 is 1.53 bits per heavy atom. The maximum absolute atomic E-state index is 13.1. The molecule has 0 aliphatic heterocycles. The van der Waals surface area contributed by atoms with Crippen molar-refractivity contribution in [1.29, 1.82) is 0 Å². The molecule has 8 N–H and O–H groups in total. The maximum atomic E-state index is 13.1. The Hall–Kier alpha value is -3.39. The van der Waals surface area contributed by atoms with E-state index in [1.165, 1.54) is 37.5 Å². The summed E-state index contributed by atoms with van der Waals surface area (Å²) in [7, 11) is 0. The van der Waals surface area contributed by atoms with Crippen LogP contribution in [0, 0.1) is 0 Å². The van der Waals surface area contributed by atoms with E-state index in [-0.39, 0.29) is 19.3 Å². The highest BCUT2D eigenvalue weighted by molar-refractivity contribution is 7.98. The number of nitrogens with two attached hydrogens (primary N) is 1. The van der Waals surface area contributed by atoms with Crippen molar-refractivity contribution in [3.05, 3.63) is 36.4 Å². The molecule has 0 radical (unpaired) electrons. The van der Waals surface area contributed by atoms with Crippen molar-refractivity contribution in [2.45, 2.75) is 50.4 Å². The van der Waals surface area contributed by atoms with Gasteiger partial charge >= 0.3 is 5.97 Å². The second-order valence-electron chi connectivity index (χ2n) is 7.64. The van der Waals surface area contributed by atoms with Crippen LogP contribution in [0.3, 0.4) is 0 Å². The van der Waals surface area contributed by atoms with Gasteiger partial charge in [0.25, 0.3) is 0 Å². The first-order chi connectivity index (χ1) is 16.2. The molecule has 0 bridgehead atoms. The first-order valence-corrected chi connectivity index (χ1v) is 11.9. The smallest absolute Gasteiger partial charge is 0.325 e. The number of carbonyl (C=O) groups is 4. The average molecular weight is 495 g/mol. The topological polar surface area (TPSA) is 208 Å². The molecule has 3 amide bonds. The van der Waals surface area contributed by atoms with Crippen molar-refractivity contribution in [2.24, 2.45) is 5.73 Å². The normalized spacial score (nSPS) is 14.4. The summed E-state index contributed by atoms with van der Waals surface area (Å²) in [5, 5.41) is 16.7. The van der Waals surface area contributed by atoms with Crippen LogP contribution in [0.25, 0.3) is 0 Å². The number of amides is 3.